The van der Waals surface area contributed by atoms with Crippen molar-refractivity contribution in [3.63, 3.8) is 0 Å². The van der Waals surface area contributed by atoms with E-state index in [1.165, 1.54) is 19.4 Å². The van der Waals surface area contributed by atoms with Gasteiger partial charge >= 0.3 is 0 Å². The topological polar surface area (TPSA) is 12.0 Å². The molecule has 0 aliphatic carbocycles. The highest BCUT2D eigenvalue weighted by Gasteiger charge is 2.17. The third-order valence-electron chi connectivity index (χ3n) is 1.93. The SMILES string of the molecule is CC[C@@H]1C[C@@H](C)CN1. The van der Waals surface area contributed by atoms with Gasteiger partial charge in [-0.15, -0.1) is 0 Å². The lowest BCUT2D eigenvalue weighted by atomic mass is 10.1. The molecule has 1 fully saturated rings. The van der Waals surface area contributed by atoms with Crippen molar-refractivity contribution in [2.24, 2.45) is 5.92 Å². The van der Waals surface area contributed by atoms with Crippen LogP contribution in [0.25, 0.3) is 0 Å². The van der Waals surface area contributed by atoms with E-state index < -0.39 is 0 Å². The predicted molar refractivity (Wildman–Crippen MR) is 35.9 cm³/mol. The molecular weight excluding hydrogens is 98.1 g/mol. The molecule has 0 aromatic carbocycles. The molecule has 1 heterocycles. The second-order valence-corrected chi connectivity index (χ2v) is 2.85. The molecule has 48 valence electrons. The molecule has 0 amide bonds. The van der Waals surface area contributed by atoms with E-state index in [2.05, 4.69) is 19.2 Å². The first-order valence-corrected chi connectivity index (χ1v) is 3.56. The van der Waals surface area contributed by atoms with E-state index in [4.69, 9.17) is 0 Å². The zero-order valence-corrected chi connectivity index (χ0v) is 5.78. The average Bonchev–Trinajstić information content (AvgIpc) is 2.14. The van der Waals surface area contributed by atoms with Gasteiger partial charge in [-0.3, -0.25) is 0 Å². The van der Waals surface area contributed by atoms with Gasteiger partial charge in [-0.1, -0.05) is 13.8 Å². The van der Waals surface area contributed by atoms with Gasteiger partial charge in [0.15, 0.2) is 0 Å². The summed E-state index contributed by atoms with van der Waals surface area (Å²) in [6.07, 6.45) is 2.68. The maximum Gasteiger partial charge on any atom is 0.00675 e. The van der Waals surface area contributed by atoms with Crippen molar-refractivity contribution < 1.29 is 0 Å². The fourth-order valence-corrected chi connectivity index (χ4v) is 1.33. The quantitative estimate of drug-likeness (QED) is 0.542. The van der Waals surface area contributed by atoms with Crippen LogP contribution in [0, 0.1) is 5.92 Å². The van der Waals surface area contributed by atoms with Gasteiger partial charge in [0.1, 0.15) is 0 Å². The minimum absolute atomic E-state index is 0.824. The Kier molecular flexibility index (Phi) is 1.90. The highest BCUT2D eigenvalue weighted by molar-refractivity contribution is 4.77. The number of nitrogens with one attached hydrogen (secondary N) is 1. The molecule has 8 heavy (non-hydrogen) atoms. The van der Waals surface area contributed by atoms with Crippen LogP contribution in [-0.2, 0) is 0 Å². The van der Waals surface area contributed by atoms with Crippen molar-refractivity contribution in [3.05, 3.63) is 0 Å². The van der Waals surface area contributed by atoms with Crippen LogP contribution in [0.15, 0.2) is 0 Å². The van der Waals surface area contributed by atoms with Crippen molar-refractivity contribution in [1.29, 1.82) is 0 Å². The predicted octanol–water partition coefficient (Wildman–Crippen LogP) is 1.39. The van der Waals surface area contributed by atoms with Gasteiger partial charge in [0.05, 0.1) is 0 Å². The van der Waals surface area contributed by atoms with Gasteiger partial charge in [0.2, 0.25) is 0 Å². The molecule has 0 aromatic rings. The van der Waals surface area contributed by atoms with Crippen molar-refractivity contribution in [3.8, 4) is 0 Å². The van der Waals surface area contributed by atoms with Crippen LogP contribution >= 0.6 is 0 Å². The van der Waals surface area contributed by atoms with Gasteiger partial charge < -0.3 is 5.32 Å². The molecule has 0 unspecified atom stereocenters. The monoisotopic (exact) mass is 113 g/mol. The molecule has 1 saturated heterocycles. The molecule has 0 spiro atoms. The summed E-state index contributed by atoms with van der Waals surface area (Å²) in [4.78, 5) is 0. The maximum atomic E-state index is 3.46. The normalized spacial score (nSPS) is 38.2. The van der Waals surface area contributed by atoms with E-state index in [0.717, 1.165) is 12.0 Å². The van der Waals surface area contributed by atoms with Crippen molar-refractivity contribution in [1.82, 2.24) is 5.32 Å². The fraction of sp³-hybridized carbons (Fsp3) is 1.00. The summed E-state index contributed by atoms with van der Waals surface area (Å²) >= 11 is 0. The number of hydrogen-bond acceptors (Lipinski definition) is 1. The molecule has 1 aliphatic heterocycles. The molecule has 0 aromatic heterocycles. The minimum atomic E-state index is 0.824. The summed E-state index contributed by atoms with van der Waals surface area (Å²) < 4.78 is 0. The van der Waals surface area contributed by atoms with E-state index in [0.29, 0.717) is 0 Å². The Bertz CT molecular complexity index is 70.8. The van der Waals surface area contributed by atoms with Crippen LogP contribution < -0.4 is 5.32 Å². The van der Waals surface area contributed by atoms with Gasteiger partial charge in [-0.05, 0) is 25.3 Å². The van der Waals surface area contributed by atoms with E-state index in [1.54, 1.807) is 0 Å². The summed E-state index contributed by atoms with van der Waals surface area (Å²) in [7, 11) is 0. The Morgan fingerprint density at radius 1 is 1.62 bits per heavy atom. The van der Waals surface area contributed by atoms with E-state index in [9.17, 15) is 0 Å². The summed E-state index contributed by atoms with van der Waals surface area (Å²) in [5.74, 6) is 0.917. The third kappa shape index (κ3) is 1.22. The lowest BCUT2D eigenvalue weighted by Crippen LogP contribution is -2.19. The largest absolute Gasteiger partial charge is 0.314 e. The lowest BCUT2D eigenvalue weighted by Gasteiger charge is -2.02. The molecule has 1 nitrogen and oxygen atoms in total. The Morgan fingerprint density at radius 2 is 2.38 bits per heavy atom. The number of rotatable bonds is 1. The van der Waals surface area contributed by atoms with E-state index in [1.807, 2.05) is 0 Å². The molecule has 1 rings (SSSR count). The second-order valence-electron chi connectivity index (χ2n) is 2.85. The first-order chi connectivity index (χ1) is 3.83. The number of hydrogen-bond donors (Lipinski definition) is 1. The molecule has 0 bridgehead atoms. The molecule has 0 radical (unpaired) electrons. The first kappa shape index (κ1) is 6.09. The van der Waals surface area contributed by atoms with Gasteiger partial charge in [-0.2, -0.15) is 0 Å². The zero-order chi connectivity index (χ0) is 5.98. The van der Waals surface area contributed by atoms with Crippen LogP contribution in [0.3, 0.4) is 0 Å². The minimum Gasteiger partial charge on any atom is -0.314 e. The molecular formula is C7H15N. The Hall–Kier alpha value is -0.0400. The van der Waals surface area contributed by atoms with Crippen molar-refractivity contribution in [2.45, 2.75) is 32.7 Å². The standard InChI is InChI=1S/C7H15N/c1-3-7-4-6(2)5-8-7/h6-8H,3-5H2,1-2H3/t6-,7-/m1/s1. The lowest BCUT2D eigenvalue weighted by molar-refractivity contribution is 0.568. The summed E-state index contributed by atoms with van der Waals surface area (Å²) in [6, 6.07) is 0.824. The highest BCUT2D eigenvalue weighted by atomic mass is 14.9. The van der Waals surface area contributed by atoms with Crippen LogP contribution in [-0.4, -0.2) is 12.6 Å². The van der Waals surface area contributed by atoms with Gasteiger partial charge in [0.25, 0.3) is 0 Å². The average molecular weight is 113 g/mol. The summed E-state index contributed by atoms with van der Waals surface area (Å²) in [5.41, 5.74) is 0. The highest BCUT2D eigenvalue weighted by Crippen LogP contribution is 2.14. The van der Waals surface area contributed by atoms with E-state index in [-0.39, 0.29) is 0 Å². The third-order valence-corrected chi connectivity index (χ3v) is 1.93. The summed E-state index contributed by atoms with van der Waals surface area (Å²) in [5, 5.41) is 3.46. The first-order valence-electron chi connectivity index (χ1n) is 3.56. The molecule has 1 aliphatic rings. The van der Waals surface area contributed by atoms with Crippen molar-refractivity contribution >= 4 is 0 Å². The van der Waals surface area contributed by atoms with Crippen LogP contribution in [0.2, 0.25) is 0 Å². The molecule has 2 atom stereocenters. The second kappa shape index (κ2) is 2.49. The van der Waals surface area contributed by atoms with Crippen molar-refractivity contribution in [2.75, 3.05) is 6.54 Å². The maximum absolute atomic E-state index is 3.46. The van der Waals surface area contributed by atoms with Crippen LogP contribution in [0.5, 0.6) is 0 Å². The Labute approximate surface area is 51.5 Å². The van der Waals surface area contributed by atoms with Crippen LogP contribution in [0.1, 0.15) is 26.7 Å². The molecule has 1 N–H and O–H groups in total. The summed E-state index contributed by atoms with van der Waals surface area (Å²) in [6.45, 7) is 5.79. The van der Waals surface area contributed by atoms with Gasteiger partial charge in [0, 0.05) is 6.04 Å². The zero-order valence-electron chi connectivity index (χ0n) is 5.78. The molecule has 0 saturated carbocycles. The molecule has 1 heteroatoms. The Morgan fingerprint density at radius 3 is 2.62 bits per heavy atom. The van der Waals surface area contributed by atoms with E-state index >= 15 is 0 Å². The fourth-order valence-electron chi connectivity index (χ4n) is 1.33. The van der Waals surface area contributed by atoms with Crippen LogP contribution in [0.4, 0.5) is 0 Å². The Balaban J connectivity index is 2.22. The smallest absolute Gasteiger partial charge is 0.00675 e. The van der Waals surface area contributed by atoms with Gasteiger partial charge in [-0.25, -0.2) is 0 Å².